The molecule has 0 aliphatic heterocycles. The van der Waals surface area contributed by atoms with Crippen molar-refractivity contribution in [3.63, 3.8) is 0 Å². The number of nitrogens with zero attached hydrogens (tertiary/aromatic N) is 1. The summed E-state index contributed by atoms with van der Waals surface area (Å²) in [5, 5.41) is 6.50. The monoisotopic (exact) mass is 703 g/mol. The number of rotatable bonds is 6. The molecule has 0 saturated heterocycles. The van der Waals surface area contributed by atoms with E-state index in [1.165, 1.54) is 22.3 Å². The van der Waals surface area contributed by atoms with Gasteiger partial charge in [-0.3, -0.25) is 0 Å². The van der Waals surface area contributed by atoms with Crippen LogP contribution in [0.2, 0.25) is 0 Å². The van der Waals surface area contributed by atoms with Crippen LogP contribution in [0.25, 0.3) is 88.0 Å². The van der Waals surface area contributed by atoms with Crippen LogP contribution in [0, 0.1) is 0 Å². The first-order chi connectivity index (χ1) is 27.3. The normalized spacial score (nSPS) is 11.6. The number of anilines is 3. The van der Waals surface area contributed by atoms with Crippen LogP contribution in [0.15, 0.2) is 209 Å². The first-order valence-electron chi connectivity index (χ1n) is 18.7. The molecule has 9 aromatic carbocycles. The average molecular weight is 704 g/mol. The number of hydrogen-bond acceptors (Lipinski definition) is 3. The molecule has 11 rings (SSSR count). The predicted octanol–water partition coefficient (Wildman–Crippen LogP) is 15.1. The summed E-state index contributed by atoms with van der Waals surface area (Å²) in [5.74, 6) is 0. The molecule has 0 spiro atoms. The number of para-hydroxylation sites is 3. The quantitative estimate of drug-likeness (QED) is 0.173. The van der Waals surface area contributed by atoms with Crippen molar-refractivity contribution in [3.8, 4) is 33.4 Å². The molecule has 0 fully saturated rings. The molecular weight excluding hydrogens is 671 g/mol. The SMILES string of the molecule is c1ccc(-c2ccc(N(c3ccc(-c4ccccc4)cc3)c3cc4c5cccc(-c6cccc7c6oc6ccccc67)c5oc4c4ccccc34)cc2)cc1. The molecule has 0 unspecified atom stereocenters. The highest BCUT2D eigenvalue weighted by Gasteiger charge is 2.23. The molecule has 2 heterocycles. The second kappa shape index (κ2) is 12.6. The van der Waals surface area contributed by atoms with Crippen molar-refractivity contribution in [2.24, 2.45) is 0 Å². The molecule has 0 radical (unpaired) electrons. The van der Waals surface area contributed by atoms with Crippen molar-refractivity contribution in [1.82, 2.24) is 0 Å². The Balaban J connectivity index is 1.14. The minimum Gasteiger partial charge on any atom is -0.455 e. The molecule has 0 bridgehead atoms. The first-order valence-corrected chi connectivity index (χ1v) is 18.7. The zero-order valence-electron chi connectivity index (χ0n) is 29.8. The first kappa shape index (κ1) is 31.2. The van der Waals surface area contributed by atoms with Crippen LogP contribution in [0.3, 0.4) is 0 Å². The van der Waals surface area contributed by atoms with Crippen molar-refractivity contribution in [2.75, 3.05) is 4.90 Å². The molecule has 0 aliphatic rings. The third kappa shape index (κ3) is 5.13. The zero-order valence-corrected chi connectivity index (χ0v) is 29.8. The van der Waals surface area contributed by atoms with Gasteiger partial charge in [0.25, 0.3) is 0 Å². The topological polar surface area (TPSA) is 29.5 Å². The van der Waals surface area contributed by atoms with Gasteiger partial charge >= 0.3 is 0 Å². The lowest BCUT2D eigenvalue weighted by molar-refractivity contribution is 0.666. The molecule has 0 amide bonds. The summed E-state index contributed by atoms with van der Waals surface area (Å²) in [7, 11) is 0. The summed E-state index contributed by atoms with van der Waals surface area (Å²) in [6.45, 7) is 0. The Morgan fingerprint density at radius 3 is 1.33 bits per heavy atom. The van der Waals surface area contributed by atoms with E-state index >= 15 is 0 Å². The van der Waals surface area contributed by atoms with E-state index in [0.717, 1.165) is 82.8 Å². The van der Waals surface area contributed by atoms with E-state index < -0.39 is 0 Å². The third-order valence-electron chi connectivity index (χ3n) is 10.9. The highest BCUT2D eigenvalue weighted by molar-refractivity contribution is 6.22. The summed E-state index contributed by atoms with van der Waals surface area (Å²) in [6, 6.07) is 70.8. The van der Waals surface area contributed by atoms with Crippen LogP contribution in [0.5, 0.6) is 0 Å². The van der Waals surface area contributed by atoms with Gasteiger partial charge in [-0.25, -0.2) is 0 Å². The van der Waals surface area contributed by atoms with Crippen molar-refractivity contribution in [2.45, 2.75) is 0 Å². The molecular formula is C52H33NO2. The van der Waals surface area contributed by atoms with Gasteiger partial charge in [-0.05, 0) is 58.7 Å². The Hall–Kier alpha value is -7.36. The summed E-state index contributed by atoms with van der Waals surface area (Å²) in [6.07, 6.45) is 0. The summed E-state index contributed by atoms with van der Waals surface area (Å²) >= 11 is 0. The highest BCUT2D eigenvalue weighted by Crippen LogP contribution is 2.47. The number of furan rings is 2. The van der Waals surface area contributed by atoms with Gasteiger partial charge in [0.1, 0.15) is 22.3 Å². The summed E-state index contributed by atoms with van der Waals surface area (Å²) < 4.78 is 13.5. The van der Waals surface area contributed by atoms with Gasteiger partial charge in [-0.1, -0.05) is 164 Å². The van der Waals surface area contributed by atoms with E-state index in [4.69, 9.17) is 8.83 Å². The van der Waals surface area contributed by atoms with Gasteiger partial charge in [0, 0.05) is 54.8 Å². The third-order valence-corrected chi connectivity index (χ3v) is 10.9. The minimum absolute atomic E-state index is 0.846. The predicted molar refractivity (Wildman–Crippen MR) is 229 cm³/mol. The van der Waals surface area contributed by atoms with Gasteiger partial charge < -0.3 is 13.7 Å². The number of hydrogen-bond donors (Lipinski definition) is 0. The maximum atomic E-state index is 6.99. The minimum atomic E-state index is 0.846. The van der Waals surface area contributed by atoms with Crippen LogP contribution in [0.4, 0.5) is 17.1 Å². The molecule has 0 atom stereocenters. The molecule has 3 nitrogen and oxygen atoms in total. The molecule has 3 heteroatoms. The second-order valence-corrected chi connectivity index (χ2v) is 14.0. The van der Waals surface area contributed by atoms with Crippen molar-refractivity contribution in [1.29, 1.82) is 0 Å². The van der Waals surface area contributed by atoms with Crippen LogP contribution in [-0.4, -0.2) is 0 Å². The lowest BCUT2D eigenvalue weighted by Gasteiger charge is -2.27. The fourth-order valence-corrected chi connectivity index (χ4v) is 8.25. The van der Waals surface area contributed by atoms with Crippen molar-refractivity contribution in [3.05, 3.63) is 200 Å². The van der Waals surface area contributed by atoms with E-state index in [-0.39, 0.29) is 0 Å². The molecule has 258 valence electrons. The number of benzene rings is 9. The van der Waals surface area contributed by atoms with Crippen molar-refractivity contribution >= 4 is 71.7 Å². The second-order valence-electron chi connectivity index (χ2n) is 14.0. The van der Waals surface area contributed by atoms with E-state index in [9.17, 15) is 0 Å². The van der Waals surface area contributed by atoms with Crippen LogP contribution in [0.1, 0.15) is 0 Å². The Morgan fingerprint density at radius 2 is 0.727 bits per heavy atom. The smallest absolute Gasteiger partial charge is 0.143 e. The lowest BCUT2D eigenvalue weighted by Crippen LogP contribution is -2.10. The van der Waals surface area contributed by atoms with Crippen LogP contribution in [-0.2, 0) is 0 Å². The maximum Gasteiger partial charge on any atom is 0.143 e. The molecule has 11 aromatic rings. The lowest BCUT2D eigenvalue weighted by atomic mass is 9.98. The molecule has 0 saturated carbocycles. The van der Waals surface area contributed by atoms with E-state index in [0.29, 0.717) is 0 Å². The fourth-order valence-electron chi connectivity index (χ4n) is 8.25. The van der Waals surface area contributed by atoms with Gasteiger partial charge in [0.15, 0.2) is 0 Å². The molecule has 2 aromatic heterocycles. The Labute approximate surface area is 317 Å². The average Bonchev–Trinajstić information content (AvgIpc) is 3.84. The zero-order chi connectivity index (χ0) is 36.3. The number of fused-ring (bicyclic) bond motifs is 8. The molecule has 0 N–H and O–H groups in total. The van der Waals surface area contributed by atoms with Gasteiger partial charge in [0.2, 0.25) is 0 Å². The van der Waals surface area contributed by atoms with E-state index in [1.54, 1.807) is 0 Å². The van der Waals surface area contributed by atoms with Gasteiger partial charge in [0.05, 0.1) is 5.69 Å². The van der Waals surface area contributed by atoms with Crippen molar-refractivity contribution < 1.29 is 8.83 Å². The highest BCUT2D eigenvalue weighted by atomic mass is 16.3. The fraction of sp³-hybridized carbons (Fsp3) is 0. The molecule has 0 aliphatic carbocycles. The summed E-state index contributed by atoms with van der Waals surface area (Å²) in [4.78, 5) is 2.38. The summed E-state index contributed by atoms with van der Waals surface area (Å²) in [5.41, 5.74) is 13.5. The van der Waals surface area contributed by atoms with Crippen LogP contribution < -0.4 is 4.90 Å². The Morgan fingerprint density at radius 1 is 0.291 bits per heavy atom. The van der Waals surface area contributed by atoms with E-state index in [1.807, 2.05) is 12.1 Å². The van der Waals surface area contributed by atoms with Gasteiger partial charge in [-0.2, -0.15) is 0 Å². The molecule has 55 heavy (non-hydrogen) atoms. The largest absolute Gasteiger partial charge is 0.455 e. The van der Waals surface area contributed by atoms with Gasteiger partial charge in [-0.15, -0.1) is 0 Å². The Bertz CT molecular complexity index is 3090. The van der Waals surface area contributed by atoms with E-state index in [2.05, 4.69) is 193 Å². The van der Waals surface area contributed by atoms with Crippen LogP contribution >= 0.6 is 0 Å². The Kier molecular flexibility index (Phi) is 7.17. The standard InChI is InChI=1S/C52H33NO2/c1-3-13-34(14-4-1)36-25-29-38(30-26-36)53(39-31-27-37(28-32-39)35-15-5-2-6-16-35)48-33-47-46-23-12-22-45(51(46)55-52(47)42-19-8-7-17-40(42)48)44-21-11-20-43-41-18-9-10-24-49(41)54-50(43)44/h1-33H. The maximum absolute atomic E-state index is 6.99.